The molecule has 20 heavy (non-hydrogen) atoms. The van der Waals surface area contributed by atoms with Crippen LogP contribution in [-0.2, 0) is 9.84 Å². The summed E-state index contributed by atoms with van der Waals surface area (Å²) in [4.78, 5) is -0.414. The number of benzene rings is 1. The summed E-state index contributed by atoms with van der Waals surface area (Å²) in [5.74, 6) is -2.99. The molecule has 1 saturated carbocycles. The van der Waals surface area contributed by atoms with E-state index in [0.29, 0.717) is 12.4 Å². The molecule has 0 heterocycles. The van der Waals surface area contributed by atoms with Gasteiger partial charge in [-0.1, -0.05) is 12.8 Å². The van der Waals surface area contributed by atoms with E-state index in [1.165, 1.54) is 12.1 Å². The van der Waals surface area contributed by atoms with Crippen molar-refractivity contribution in [2.24, 2.45) is 5.73 Å². The lowest BCUT2D eigenvalue weighted by Crippen LogP contribution is -2.42. The summed E-state index contributed by atoms with van der Waals surface area (Å²) in [6, 6.07) is 4.98. The summed E-state index contributed by atoms with van der Waals surface area (Å²) >= 11 is 0. The molecule has 112 valence electrons. The number of halogens is 2. The monoisotopic (exact) mass is 305 g/mol. The topological polar surface area (TPSA) is 69.4 Å². The van der Waals surface area contributed by atoms with Gasteiger partial charge in [0.2, 0.25) is 9.84 Å². The van der Waals surface area contributed by atoms with E-state index in [1.807, 2.05) is 0 Å². The zero-order chi connectivity index (χ0) is 14.8. The van der Waals surface area contributed by atoms with Crippen molar-refractivity contribution in [2.75, 3.05) is 6.61 Å². The zero-order valence-electron chi connectivity index (χ0n) is 10.9. The van der Waals surface area contributed by atoms with Crippen LogP contribution in [0, 0.1) is 0 Å². The van der Waals surface area contributed by atoms with Crippen LogP contribution >= 0.6 is 0 Å². The highest BCUT2D eigenvalue weighted by atomic mass is 32.2. The molecule has 1 aromatic rings. The third-order valence-electron chi connectivity index (χ3n) is 3.51. The number of ether oxygens (including phenoxy) is 1. The molecular weight excluding hydrogens is 288 g/mol. The minimum Gasteiger partial charge on any atom is -0.492 e. The van der Waals surface area contributed by atoms with Crippen LogP contribution in [0.1, 0.15) is 25.7 Å². The molecule has 1 aromatic carbocycles. The first-order valence-electron chi connectivity index (χ1n) is 6.37. The average molecular weight is 305 g/mol. The van der Waals surface area contributed by atoms with Gasteiger partial charge in [-0.2, -0.15) is 8.78 Å². The van der Waals surface area contributed by atoms with E-state index in [-0.39, 0.29) is 5.54 Å². The number of alkyl halides is 2. The molecule has 1 aliphatic carbocycles. The highest BCUT2D eigenvalue weighted by Gasteiger charge is 2.30. The van der Waals surface area contributed by atoms with Crippen molar-refractivity contribution in [3.8, 4) is 5.75 Å². The maximum absolute atomic E-state index is 12.4. The normalized spacial score (nSPS) is 18.4. The number of nitrogens with two attached hydrogens (primary N) is 1. The molecule has 0 aromatic heterocycles. The van der Waals surface area contributed by atoms with Gasteiger partial charge in [-0.05, 0) is 37.1 Å². The summed E-state index contributed by atoms with van der Waals surface area (Å²) in [6.07, 6.45) is 3.94. The van der Waals surface area contributed by atoms with Crippen LogP contribution in [0.2, 0.25) is 0 Å². The number of sulfone groups is 1. The second kappa shape index (κ2) is 5.65. The van der Waals surface area contributed by atoms with E-state index in [1.54, 1.807) is 0 Å². The fourth-order valence-corrected chi connectivity index (χ4v) is 3.00. The first-order valence-corrected chi connectivity index (χ1v) is 7.92. The Bertz CT molecular complexity index is 551. The Labute approximate surface area is 116 Å². The van der Waals surface area contributed by atoms with Crippen LogP contribution in [0.3, 0.4) is 0 Å². The molecule has 7 heteroatoms. The van der Waals surface area contributed by atoms with Gasteiger partial charge in [0, 0.05) is 0 Å². The van der Waals surface area contributed by atoms with Crippen molar-refractivity contribution in [1.82, 2.24) is 0 Å². The molecule has 2 rings (SSSR count). The van der Waals surface area contributed by atoms with E-state index in [4.69, 9.17) is 10.5 Å². The Hall–Kier alpha value is -1.21. The van der Waals surface area contributed by atoms with Crippen LogP contribution < -0.4 is 10.5 Å². The smallest absolute Gasteiger partial charge is 0.341 e. The molecule has 1 fully saturated rings. The number of rotatable bonds is 5. The number of hydrogen-bond acceptors (Lipinski definition) is 4. The fraction of sp³-hybridized carbons (Fsp3) is 0.538. The van der Waals surface area contributed by atoms with Gasteiger partial charge >= 0.3 is 5.76 Å². The van der Waals surface area contributed by atoms with Crippen LogP contribution in [0.4, 0.5) is 8.78 Å². The maximum atomic E-state index is 12.4. The van der Waals surface area contributed by atoms with Gasteiger partial charge in [-0.3, -0.25) is 0 Å². The van der Waals surface area contributed by atoms with Crippen LogP contribution in [0.5, 0.6) is 5.75 Å². The van der Waals surface area contributed by atoms with Crippen LogP contribution in [0.15, 0.2) is 29.2 Å². The molecule has 0 spiro atoms. The van der Waals surface area contributed by atoms with Gasteiger partial charge < -0.3 is 10.5 Å². The highest BCUT2D eigenvalue weighted by Crippen LogP contribution is 2.28. The second-order valence-corrected chi connectivity index (χ2v) is 7.05. The molecule has 0 saturated heterocycles. The molecule has 0 aliphatic heterocycles. The van der Waals surface area contributed by atoms with Gasteiger partial charge in [0.15, 0.2) is 0 Å². The third kappa shape index (κ3) is 3.27. The molecule has 0 amide bonds. The highest BCUT2D eigenvalue weighted by molar-refractivity contribution is 7.91. The van der Waals surface area contributed by atoms with Crippen molar-refractivity contribution in [3.05, 3.63) is 24.3 Å². The lowest BCUT2D eigenvalue weighted by atomic mass is 10.0. The van der Waals surface area contributed by atoms with Crippen molar-refractivity contribution in [2.45, 2.75) is 41.9 Å². The Morgan fingerprint density at radius 2 is 1.75 bits per heavy atom. The van der Waals surface area contributed by atoms with E-state index >= 15 is 0 Å². The molecule has 0 atom stereocenters. The molecule has 2 N–H and O–H groups in total. The first-order chi connectivity index (χ1) is 9.33. The first kappa shape index (κ1) is 15.2. The molecule has 0 radical (unpaired) electrons. The average Bonchev–Trinajstić information content (AvgIpc) is 2.84. The summed E-state index contributed by atoms with van der Waals surface area (Å²) in [7, 11) is -4.55. The number of hydrogen-bond donors (Lipinski definition) is 1. The third-order valence-corrected chi connectivity index (χ3v) is 4.91. The molecule has 0 unspecified atom stereocenters. The summed E-state index contributed by atoms with van der Waals surface area (Å²) in [6.45, 7) is 0.341. The quantitative estimate of drug-likeness (QED) is 0.906. The van der Waals surface area contributed by atoms with Gasteiger partial charge in [-0.15, -0.1) is 0 Å². The second-order valence-electron chi connectivity index (χ2n) is 5.14. The van der Waals surface area contributed by atoms with Crippen molar-refractivity contribution < 1.29 is 21.9 Å². The predicted octanol–water partition coefficient (Wildman–Crippen LogP) is 2.33. The molecule has 1 aliphatic rings. The van der Waals surface area contributed by atoms with Crippen LogP contribution in [-0.4, -0.2) is 26.3 Å². The van der Waals surface area contributed by atoms with E-state index < -0.39 is 20.5 Å². The Morgan fingerprint density at radius 3 is 2.25 bits per heavy atom. The summed E-state index contributed by atoms with van der Waals surface area (Å²) in [5.41, 5.74) is 5.79. The zero-order valence-corrected chi connectivity index (χ0v) is 11.7. The van der Waals surface area contributed by atoms with Gasteiger partial charge in [0.25, 0.3) is 0 Å². The summed E-state index contributed by atoms with van der Waals surface area (Å²) < 4.78 is 52.7. The van der Waals surface area contributed by atoms with Gasteiger partial charge in [0.05, 0.1) is 10.4 Å². The largest absolute Gasteiger partial charge is 0.492 e. The fourth-order valence-electron chi connectivity index (χ4n) is 2.28. The van der Waals surface area contributed by atoms with E-state index in [2.05, 4.69) is 0 Å². The Kier molecular flexibility index (Phi) is 4.29. The van der Waals surface area contributed by atoms with Crippen molar-refractivity contribution in [3.63, 3.8) is 0 Å². The van der Waals surface area contributed by atoms with Crippen LogP contribution in [0.25, 0.3) is 0 Å². The van der Waals surface area contributed by atoms with Gasteiger partial charge in [-0.25, -0.2) is 8.42 Å². The van der Waals surface area contributed by atoms with Crippen molar-refractivity contribution >= 4 is 9.84 Å². The molecule has 0 bridgehead atoms. The Morgan fingerprint density at radius 1 is 1.20 bits per heavy atom. The maximum Gasteiger partial charge on any atom is 0.341 e. The minimum absolute atomic E-state index is 0.340. The molecule has 4 nitrogen and oxygen atoms in total. The standard InChI is InChI=1S/C13H17F2NO3S/c14-12(15)20(17,18)11-5-3-10(4-6-11)19-9-13(16)7-1-2-8-13/h3-6,12H,1-2,7-9,16H2. The van der Waals surface area contributed by atoms with Gasteiger partial charge in [0.1, 0.15) is 12.4 Å². The lowest BCUT2D eigenvalue weighted by Gasteiger charge is -2.23. The van der Waals surface area contributed by atoms with E-state index in [0.717, 1.165) is 37.8 Å². The molecular formula is C13H17F2NO3S. The minimum atomic E-state index is -4.55. The SMILES string of the molecule is NC1(COc2ccc(S(=O)(=O)C(F)F)cc2)CCCC1. The van der Waals surface area contributed by atoms with Crippen molar-refractivity contribution in [1.29, 1.82) is 0 Å². The summed E-state index contributed by atoms with van der Waals surface area (Å²) in [5, 5.41) is 0. The lowest BCUT2D eigenvalue weighted by molar-refractivity contribution is 0.220. The van der Waals surface area contributed by atoms with E-state index in [9.17, 15) is 17.2 Å². The predicted molar refractivity (Wildman–Crippen MR) is 70.5 cm³/mol. The Balaban J connectivity index is 2.02.